The summed E-state index contributed by atoms with van der Waals surface area (Å²) in [7, 11) is 1.86. The number of carboxylic acids is 1. The van der Waals surface area contributed by atoms with E-state index in [9.17, 15) is 57.8 Å². The molecule has 1 unspecified atom stereocenters. The summed E-state index contributed by atoms with van der Waals surface area (Å²) in [4.78, 5) is 170. The van der Waals surface area contributed by atoms with Gasteiger partial charge in [-0.3, -0.25) is 52.9 Å². The number of guanidine groups is 1. The number of imide groups is 1. The zero-order chi connectivity index (χ0) is 61.7. The van der Waals surface area contributed by atoms with E-state index >= 15 is 0 Å². The molecule has 0 bridgehead atoms. The van der Waals surface area contributed by atoms with Crippen LogP contribution in [-0.2, 0) is 67.2 Å². The fraction of sp³-hybridized carbons (Fsp3) is 0.473. The zero-order valence-corrected chi connectivity index (χ0v) is 48.9. The summed E-state index contributed by atoms with van der Waals surface area (Å²) in [6, 6.07) is 1.92. The normalized spacial score (nSPS) is 22.9. The number of nitrogens with zero attached hydrogens (tertiary/aromatic N) is 3. The van der Waals surface area contributed by atoms with E-state index in [1.807, 2.05) is 13.0 Å². The fourth-order valence-corrected chi connectivity index (χ4v) is 11.8. The maximum atomic E-state index is 14.8. The van der Waals surface area contributed by atoms with E-state index in [2.05, 4.69) is 62.5 Å². The molecule has 17 N–H and O–H groups in total. The lowest BCUT2D eigenvalue weighted by molar-refractivity contribution is -0.139. The predicted molar refractivity (Wildman–Crippen MR) is 316 cm³/mol. The highest BCUT2D eigenvalue weighted by molar-refractivity contribution is 8.76. The van der Waals surface area contributed by atoms with E-state index in [-0.39, 0.29) is 68.5 Å². The number of para-hydroxylation sites is 1. The van der Waals surface area contributed by atoms with E-state index in [0.717, 1.165) is 32.0 Å². The molecule has 9 atom stereocenters. The van der Waals surface area contributed by atoms with Crippen LogP contribution in [0, 0.1) is 5.92 Å². The van der Waals surface area contributed by atoms with Crippen molar-refractivity contribution >= 4 is 104 Å². The Balaban J connectivity index is 1.43. The molecule has 6 rings (SSSR count). The number of fused-ring (bicyclic) bond motifs is 1. The van der Waals surface area contributed by atoms with E-state index in [0.29, 0.717) is 35.0 Å². The van der Waals surface area contributed by atoms with Gasteiger partial charge in [-0.1, -0.05) is 104 Å². The SMILES string of the molecule is CCCC[C@@H](C(=O)N[C@H]1CSSC[C@@H](C(N)=O)NC(=O)[C@H](Cc2c[nH]c3ccccc23)NC(=O)[C@H](CCCN=C(N)N)NC(=O)[C@@H](Cc2ccccc2)NC(=O)[C@H](Cc2cnc[nH]2)NC(=O)C(CCC(=O)O)NC1=O)N1C(=O)N[C@@H](C(C)C)C1=O. The molecule has 2 saturated heterocycles. The van der Waals surface area contributed by atoms with Crippen molar-refractivity contribution in [3.05, 3.63) is 90.1 Å². The van der Waals surface area contributed by atoms with Crippen LogP contribution in [0.15, 0.2) is 78.3 Å². The van der Waals surface area contributed by atoms with Gasteiger partial charge in [0.1, 0.15) is 54.4 Å². The van der Waals surface area contributed by atoms with Crippen molar-refractivity contribution in [3.8, 4) is 0 Å². The number of benzene rings is 2. The molecular weight excluding hydrogens is 1140 g/mol. The van der Waals surface area contributed by atoms with Crippen molar-refractivity contribution in [2.75, 3.05) is 18.1 Å². The minimum Gasteiger partial charge on any atom is -0.481 e. The third kappa shape index (κ3) is 19.2. The highest BCUT2D eigenvalue weighted by Gasteiger charge is 2.46. The quantitative estimate of drug-likeness (QED) is 0.0160. The largest absolute Gasteiger partial charge is 0.481 e. The first-order valence-electron chi connectivity index (χ1n) is 27.8. The Morgan fingerprint density at radius 3 is 1.94 bits per heavy atom. The number of unbranched alkanes of at least 4 members (excludes halogenated alkanes) is 1. The van der Waals surface area contributed by atoms with Crippen LogP contribution in [0.4, 0.5) is 4.79 Å². The molecule has 0 radical (unpaired) electrons. The molecule has 30 heteroatoms. The lowest BCUT2D eigenvalue weighted by Crippen LogP contribution is -2.61. The molecule has 2 fully saturated rings. The molecule has 2 aromatic carbocycles. The van der Waals surface area contributed by atoms with Crippen molar-refractivity contribution in [3.63, 3.8) is 0 Å². The van der Waals surface area contributed by atoms with Crippen LogP contribution in [0.5, 0.6) is 0 Å². The Labute approximate surface area is 497 Å². The van der Waals surface area contributed by atoms with Gasteiger partial charge in [-0.05, 0) is 48.8 Å². The molecule has 0 saturated carbocycles. The number of nitrogens with two attached hydrogens (primary N) is 3. The first-order valence-corrected chi connectivity index (χ1v) is 30.3. The zero-order valence-electron chi connectivity index (χ0n) is 47.2. The van der Waals surface area contributed by atoms with Crippen LogP contribution in [0.2, 0.25) is 0 Å². The molecule has 2 aromatic heterocycles. The topological polar surface area (TPSA) is 442 Å². The first-order chi connectivity index (χ1) is 40.6. The highest BCUT2D eigenvalue weighted by Crippen LogP contribution is 2.26. The number of carboxylic acid groups (broad SMARTS) is 1. The van der Waals surface area contributed by atoms with Gasteiger partial charge in [0, 0.05) is 72.7 Å². The lowest BCUT2D eigenvalue weighted by Gasteiger charge is -2.29. The van der Waals surface area contributed by atoms with Gasteiger partial charge in [-0.25, -0.2) is 14.7 Å². The number of nitrogens with one attached hydrogen (secondary N) is 10. The molecule has 458 valence electrons. The summed E-state index contributed by atoms with van der Waals surface area (Å²) in [6.07, 6.45) is 3.48. The van der Waals surface area contributed by atoms with Crippen molar-refractivity contribution < 1.29 is 57.8 Å². The van der Waals surface area contributed by atoms with Crippen LogP contribution < -0.4 is 59.7 Å². The summed E-state index contributed by atoms with van der Waals surface area (Å²) in [5.74, 6) is -10.7. The number of aliphatic carboxylic acids is 1. The van der Waals surface area contributed by atoms with Gasteiger partial charge in [0.05, 0.1) is 6.33 Å². The molecule has 4 aromatic rings. The molecule has 28 nitrogen and oxygen atoms in total. The summed E-state index contributed by atoms with van der Waals surface area (Å²) in [5.41, 5.74) is 19.3. The second-order valence-electron chi connectivity index (χ2n) is 20.9. The molecule has 4 heterocycles. The number of primary amides is 1. The van der Waals surface area contributed by atoms with Crippen LogP contribution in [-0.4, -0.2) is 169 Å². The van der Waals surface area contributed by atoms with Gasteiger partial charge in [0.15, 0.2) is 5.96 Å². The smallest absolute Gasteiger partial charge is 0.325 e. The standard InChI is InChI=1S/C55H74N16O12S2/c1-4-5-17-42(71-53(82)44(29(2)3)70-55(71)83)52(81)69-41-27-85-84-26-40(45(56)74)68-49(78)38(22-31-24-61-34-15-10-9-14-33(31)34)66-46(75)35(16-11-20-60-54(57)58)63-48(77)37(21-30-12-7-6-8-13-30)65-50(79)39(23-32-25-59-28-62-32)67-47(76)36(64-51(41)80)18-19-43(72)73/h6-10,12-15,24-25,28-29,35-42,44,61H,4-5,11,16-23,26-27H2,1-3H3,(H2,56,74)(H,59,62)(H,63,77)(H,64,80)(H,65,79)(H,66,75)(H,67,76)(H,68,78)(H,69,81)(H,70,83)(H,72,73)(H4,57,58,60)/t35-,36?,37+,38-,39-,40-,41-,42-,44-/m0/s1. The first kappa shape index (κ1) is 65.5. The number of aliphatic imine (C=N–C) groups is 1. The van der Waals surface area contributed by atoms with Gasteiger partial charge >= 0.3 is 12.0 Å². The highest BCUT2D eigenvalue weighted by atomic mass is 33.1. The van der Waals surface area contributed by atoms with Gasteiger partial charge in [0.2, 0.25) is 47.3 Å². The number of carbonyl (C=O) groups is 11. The molecule has 0 aliphatic carbocycles. The second-order valence-corrected chi connectivity index (χ2v) is 23.4. The number of urea groups is 1. The average molecular weight is 1220 g/mol. The number of carbonyl (C=O) groups excluding carboxylic acids is 10. The molecule has 85 heavy (non-hydrogen) atoms. The predicted octanol–water partition coefficient (Wildman–Crippen LogP) is -0.754. The lowest BCUT2D eigenvalue weighted by atomic mass is 10.0. The monoisotopic (exact) mass is 1210 g/mol. The van der Waals surface area contributed by atoms with Crippen LogP contribution >= 0.6 is 21.6 Å². The number of amides is 11. The van der Waals surface area contributed by atoms with Gasteiger partial charge in [-0.2, -0.15) is 0 Å². The molecule has 0 spiro atoms. The summed E-state index contributed by atoms with van der Waals surface area (Å²) in [6.45, 7) is 5.30. The number of hydrogen-bond acceptors (Lipinski definition) is 15. The van der Waals surface area contributed by atoms with Crippen LogP contribution in [0.25, 0.3) is 10.9 Å². The summed E-state index contributed by atoms with van der Waals surface area (Å²) in [5, 5.41) is 31.8. The maximum absolute atomic E-state index is 14.8. The van der Waals surface area contributed by atoms with Crippen molar-refractivity contribution in [2.45, 2.75) is 139 Å². The third-order valence-corrected chi connectivity index (χ3v) is 16.5. The maximum Gasteiger partial charge on any atom is 0.325 e. The van der Waals surface area contributed by atoms with Crippen molar-refractivity contribution in [2.24, 2.45) is 28.1 Å². The summed E-state index contributed by atoms with van der Waals surface area (Å²) < 4.78 is 0. The number of aromatic amines is 2. The van der Waals surface area contributed by atoms with Gasteiger partial charge in [0.25, 0.3) is 5.91 Å². The van der Waals surface area contributed by atoms with Crippen LogP contribution in [0.3, 0.4) is 0 Å². The van der Waals surface area contributed by atoms with Crippen molar-refractivity contribution in [1.82, 2.24) is 62.4 Å². The fourth-order valence-electron chi connectivity index (χ4n) is 9.47. The molecule has 2 aliphatic heterocycles. The molecular formula is C55H74N16O12S2. The van der Waals surface area contributed by atoms with Crippen molar-refractivity contribution in [1.29, 1.82) is 0 Å². The van der Waals surface area contributed by atoms with E-state index < -0.39 is 132 Å². The van der Waals surface area contributed by atoms with E-state index in [4.69, 9.17) is 17.2 Å². The Morgan fingerprint density at radius 2 is 1.32 bits per heavy atom. The molecule has 11 amide bonds. The number of aromatic nitrogens is 3. The number of imidazole rings is 1. The minimum absolute atomic E-state index is 0.00165. The second kappa shape index (κ2) is 31.8. The Morgan fingerprint density at radius 1 is 0.718 bits per heavy atom. The van der Waals surface area contributed by atoms with Gasteiger partial charge < -0.3 is 74.8 Å². The number of H-pyrrole nitrogens is 2. The number of hydrogen-bond donors (Lipinski definition) is 14. The summed E-state index contributed by atoms with van der Waals surface area (Å²) >= 11 is 0. The van der Waals surface area contributed by atoms with Gasteiger partial charge in [-0.15, -0.1) is 0 Å². The van der Waals surface area contributed by atoms with Crippen LogP contribution in [0.1, 0.15) is 82.5 Å². The Hall–Kier alpha value is -8.67. The third-order valence-electron chi connectivity index (χ3n) is 14.1. The number of rotatable bonds is 21. The Kier molecular flexibility index (Phi) is 24.5. The van der Waals surface area contributed by atoms with E-state index in [1.165, 1.54) is 12.5 Å². The average Bonchev–Trinajstić information content (AvgIpc) is 3.94. The minimum atomic E-state index is -1.71. The Bertz CT molecular complexity index is 3050. The van der Waals surface area contributed by atoms with E-state index in [1.54, 1.807) is 68.6 Å². The molecule has 2 aliphatic rings.